The van der Waals surface area contributed by atoms with Gasteiger partial charge < -0.3 is 8.83 Å². The number of rotatable bonds is 4. The lowest BCUT2D eigenvalue weighted by Crippen LogP contribution is -2.14. The van der Waals surface area contributed by atoms with Crippen LogP contribution >= 0.6 is 0 Å². The third kappa shape index (κ3) is 2.22. The van der Waals surface area contributed by atoms with Crippen molar-refractivity contribution in [3.63, 3.8) is 0 Å². The number of hydrogen-bond acceptors (Lipinski definition) is 6. The molecule has 21 heavy (non-hydrogen) atoms. The maximum Gasteiger partial charge on any atom is 0.420 e. The van der Waals surface area contributed by atoms with Gasteiger partial charge in [0.15, 0.2) is 17.6 Å². The average Bonchev–Trinajstić information content (AvgIpc) is 3.04. The van der Waals surface area contributed by atoms with Gasteiger partial charge in [0.2, 0.25) is 0 Å². The summed E-state index contributed by atoms with van der Waals surface area (Å²) in [5.41, 5.74) is 0.385. The predicted molar refractivity (Wildman–Crippen MR) is 70.3 cm³/mol. The molecule has 2 heterocycles. The van der Waals surface area contributed by atoms with Gasteiger partial charge in [-0.1, -0.05) is 0 Å². The summed E-state index contributed by atoms with van der Waals surface area (Å²) in [6.45, 7) is 0.0147. The minimum absolute atomic E-state index is 0.0147. The lowest BCUT2D eigenvalue weighted by molar-refractivity contribution is -0.384. The topological polar surface area (TPSA) is 108 Å². The van der Waals surface area contributed by atoms with Crippen LogP contribution in [0, 0.1) is 10.1 Å². The summed E-state index contributed by atoms with van der Waals surface area (Å²) in [4.78, 5) is 32.6. The molecule has 0 unspecified atom stereocenters. The fourth-order valence-corrected chi connectivity index (χ4v) is 2.01. The minimum atomic E-state index is -0.658. The Hall–Kier alpha value is -3.16. The first-order valence-corrected chi connectivity index (χ1v) is 5.90. The number of nitro groups is 1. The van der Waals surface area contributed by atoms with Gasteiger partial charge in [0.25, 0.3) is 5.69 Å². The minimum Gasteiger partial charge on any atom is -0.456 e. The molecular formula is C13H8N2O6. The number of fused-ring (bicyclic) bond motifs is 1. The number of nitro benzene ring substituents is 1. The van der Waals surface area contributed by atoms with Gasteiger partial charge in [-0.25, -0.2) is 4.79 Å². The van der Waals surface area contributed by atoms with Crippen molar-refractivity contribution in [3.8, 4) is 0 Å². The molecule has 0 aliphatic heterocycles. The smallest absolute Gasteiger partial charge is 0.420 e. The summed E-state index contributed by atoms with van der Waals surface area (Å²) in [7, 11) is 0. The van der Waals surface area contributed by atoms with Gasteiger partial charge in [-0.15, -0.1) is 0 Å². The molecular weight excluding hydrogens is 280 g/mol. The van der Waals surface area contributed by atoms with E-state index in [4.69, 9.17) is 8.83 Å². The molecule has 2 aromatic heterocycles. The molecule has 8 nitrogen and oxygen atoms in total. The van der Waals surface area contributed by atoms with E-state index >= 15 is 0 Å². The van der Waals surface area contributed by atoms with Crippen molar-refractivity contribution >= 4 is 23.1 Å². The van der Waals surface area contributed by atoms with Gasteiger partial charge in [-0.05, 0) is 18.2 Å². The lowest BCUT2D eigenvalue weighted by Gasteiger charge is -1.99. The number of aromatic nitrogens is 1. The Balaban J connectivity index is 2.10. The molecule has 0 radical (unpaired) electrons. The predicted octanol–water partition coefficient (Wildman–Crippen LogP) is 1.96. The SMILES string of the molecule is O=Cc1ccc(Cn2c(=O)oc3ccc([N+](=O)[O-])cc32)o1. The van der Waals surface area contributed by atoms with Crippen LogP contribution in [0.2, 0.25) is 0 Å². The van der Waals surface area contributed by atoms with E-state index in [1.54, 1.807) is 6.07 Å². The van der Waals surface area contributed by atoms with Gasteiger partial charge in [0, 0.05) is 12.1 Å². The van der Waals surface area contributed by atoms with Crippen LogP contribution in [0.4, 0.5) is 5.69 Å². The van der Waals surface area contributed by atoms with Gasteiger partial charge in [-0.2, -0.15) is 0 Å². The maximum absolute atomic E-state index is 11.8. The average molecular weight is 288 g/mol. The molecule has 0 atom stereocenters. The van der Waals surface area contributed by atoms with Crippen LogP contribution in [0.5, 0.6) is 0 Å². The molecule has 0 aliphatic rings. The molecule has 8 heteroatoms. The van der Waals surface area contributed by atoms with Crippen molar-refractivity contribution in [2.24, 2.45) is 0 Å². The number of aldehydes is 1. The number of carbonyl (C=O) groups excluding carboxylic acids is 1. The summed E-state index contributed by atoms with van der Waals surface area (Å²) >= 11 is 0. The van der Waals surface area contributed by atoms with E-state index in [1.807, 2.05) is 0 Å². The molecule has 0 amide bonds. The Bertz CT molecular complexity index is 901. The third-order valence-electron chi connectivity index (χ3n) is 2.97. The van der Waals surface area contributed by atoms with Crippen molar-refractivity contribution in [1.82, 2.24) is 4.57 Å². The molecule has 0 spiro atoms. The molecule has 0 saturated heterocycles. The van der Waals surface area contributed by atoms with Crippen LogP contribution in [0.3, 0.4) is 0 Å². The zero-order chi connectivity index (χ0) is 15.0. The van der Waals surface area contributed by atoms with E-state index in [0.29, 0.717) is 17.6 Å². The second-order valence-corrected chi connectivity index (χ2v) is 4.29. The quantitative estimate of drug-likeness (QED) is 0.412. The second kappa shape index (κ2) is 4.75. The maximum atomic E-state index is 11.8. The highest BCUT2D eigenvalue weighted by Gasteiger charge is 2.15. The summed E-state index contributed by atoms with van der Waals surface area (Å²) < 4.78 is 11.4. The Kier molecular flexibility index (Phi) is 2.90. The first kappa shape index (κ1) is 12.9. The van der Waals surface area contributed by atoms with Crippen LogP contribution in [-0.2, 0) is 6.54 Å². The van der Waals surface area contributed by atoms with Gasteiger partial charge >= 0.3 is 5.76 Å². The second-order valence-electron chi connectivity index (χ2n) is 4.29. The van der Waals surface area contributed by atoms with E-state index in [0.717, 1.165) is 0 Å². The summed E-state index contributed by atoms with van der Waals surface area (Å²) in [5, 5.41) is 10.8. The standard InChI is InChI=1S/C13H8N2O6/c16-7-10-3-2-9(20-10)6-14-11-5-8(15(18)19)1-4-12(11)21-13(14)17/h1-5,7H,6H2. The molecule has 0 bridgehead atoms. The molecule has 3 rings (SSSR count). The van der Waals surface area contributed by atoms with Crippen LogP contribution < -0.4 is 5.76 Å². The van der Waals surface area contributed by atoms with E-state index in [2.05, 4.69) is 0 Å². The fourth-order valence-electron chi connectivity index (χ4n) is 2.01. The van der Waals surface area contributed by atoms with E-state index in [9.17, 15) is 19.7 Å². The number of hydrogen-bond donors (Lipinski definition) is 0. The van der Waals surface area contributed by atoms with Crippen molar-refractivity contribution in [3.05, 3.63) is 62.5 Å². The Morgan fingerprint density at radius 1 is 1.24 bits per heavy atom. The van der Waals surface area contributed by atoms with Crippen LogP contribution in [0.15, 0.2) is 44.0 Å². The van der Waals surface area contributed by atoms with Crippen LogP contribution in [0.25, 0.3) is 11.1 Å². The summed E-state index contributed by atoms with van der Waals surface area (Å²) in [5.74, 6) is -0.153. The zero-order valence-corrected chi connectivity index (χ0v) is 10.5. The summed E-state index contributed by atoms with van der Waals surface area (Å²) in [6.07, 6.45) is 0.546. The van der Waals surface area contributed by atoms with Crippen molar-refractivity contribution in [1.29, 1.82) is 0 Å². The largest absolute Gasteiger partial charge is 0.456 e. The molecule has 0 N–H and O–H groups in total. The number of carbonyl (C=O) groups is 1. The number of furan rings is 1. The van der Waals surface area contributed by atoms with Crippen LogP contribution in [-0.4, -0.2) is 15.8 Å². The van der Waals surface area contributed by atoms with E-state index < -0.39 is 10.7 Å². The normalized spacial score (nSPS) is 10.9. The molecule has 0 aliphatic carbocycles. The molecule has 1 aromatic carbocycles. The molecule has 106 valence electrons. The number of non-ortho nitro benzene ring substituents is 1. The van der Waals surface area contributed by atoms with Crippen molar-refractivity contribution in [2.45, 2.75) is 6.54 Å². The number of benzene rings is 1. The van der Waals surface area contributed by atoms with E-state index in [1.165, 1.54) is 28.8 Å². The first-order chi connectivity index (χ1) is 10.1. The first-order valence-electron chi connectivity index (χ1n) is 5.90. The van der Waals surface area contributed by atoms with Gasteiger partial charge in [-0.3, -0.25) is 19.5 Å². The zero-order valence-electron chi connectivity index (χ0n) is 10.5. The van der Waals surface area contributed by atoms with Crippen LogP contribution in [0.1, 0.15) is 16.3 Å². The number of oxazole rings is 1. The Morgan fingerprint density at radius 3 is 2.71 bits per heavy atom. The van der Waals surface area contributed by atoms with Gasteiger partial charge in [0.1, 0.15) is 5.76 Å². The van der Waals surface area contributed by atoms with Crippen molar-refractivity contribution < 1.29 is 18.6 Å². The number of nitrogens with zero attached hydrogens (tertiary/aromatic N) is 2. The monoisotopic (exact) mass is 288 g/mol. The highest BCUT2D eigenvalue weighted by atomic mass is 16.6. The molecule has 0 fully saturated rings. The Morgan fingerprint density at radius 2 is 2.05 bits per heavy atom. The Labute approximate surface area is 116 Å². The van der Waals surface area contributed by atoms with E-state index in [-0.39, 0.29) is 23.6 Å². The fraction of sp³-hybridized carbons (Fsp3) is 0.0769. The summed E-state index contributed by atoms with van der Waals surface area (Å²) in [6, 6.07) is 6.89. The van der Waals surface area contributed by atoms with Crippen molar-refractivity contribution in [2.75, 3.05) is 0 Å². The highest BCUT2D eigenvalue weighted by Crippen LogP contribution is 2.21. The molecule has 3 aromatic rings. The highest BCUT2D eigenvalue weighted by molar-refractivity contribution is 5.76. The lowest BCUT2D eigenvalue weighted by atomic mass is 10.3. The molecule has 0 saturated carbocycles. The van der Waals surface area contributed by atoms with Gasteiger partial charge in [0.05, 0.1) is 17.0 Å². The third-order valence-corrected chi connectivity index (χ3v) is 2.97.